The van der Waals surface area contributed by atoms with Gasteiger partial charge < -0.3 is 30.3 Å². The molecule has 0 aromatic heterocycles. The molecule has 1 heterocycles. The van der Waals surface area contributed by atoms with E-state index in [0.29, 0.717) is 11.1 Å². The molecule has 1 aliphatic heterocycles. The van der Waals surface area contributed by atoms with E-state index in [-0.39, 0.29) is 41.8 Å². The fourth-order valence-corrected chi connectivity index (χ4v) is 4.35. The number of aliphatic carboxylic acids is 1. The molecule has 1 saturated carbocycles. The van der Waals surface area contributed by atoms with E-state index >= 15 is 0 Å². The Hall–Kier alpha value is -3.63. The lowest BCUT2D eigenvalue weighted by molar-refractivity contribution is -0.274. The first-order valence-corrected chi connectivity index (χ1v) is 10.8. The Kier molecular flexibility index (Phi) is 6.45. The highest BCUT2D eigenvalue weighted by molar-refractivity contribution is 5.96. The first-order valence-electron chi connectivity index (χ1n) is 10.8. The van der Waals surface area contributed by atoms with Gasteiger partial charge in [0.1, 0.15) is 17.2 Å². The number of rotatable bonds is 6. The summed E-state index contributed by atoms with van der Waals surface area (Å²) in [6.45, 7) is -0.0469. The van der Waals surface area contributed by atoms with Gasteiger partial charge in [-0.05, 0) is 48.1 Å². The number of phenolic OH excluding ortho intramolecular Hbond substituents is 1. The summed E-state index contributed by atoms with van der Waals surface area (Å²) in [4.78, 5) is 24.2. The molecular formula is C23H23F3N2O6. The first-order chi connectivity index (χ1) is 16.1. The van der Waals surface area contributed by atoms with Crippen LogP contribution in [0.5, 0.6) is 17.2 Å². The van der Waals surface area contributed by atoms with Gasteiger partial charge in [0.05, 0.1) is 18.7 Å². The Morgan fingerprint density at radius 1 is 1.18 bits per heavy atom. The van der Waals surface area contributed by atoms with Gasteiger partial charge in [-0.25, -0.2) is 0 Å². The van der Waals surface area contributed by atoms with Gasteiger partial charge in [0, 0.05) is 17.8 Å². The van der Waals surface area contributed by atoms with Gasteiger partial charge in [0.25, 0.3) is 5.91 Å². The smallest absolute Gasteiger partial charge is 0.508 e. The van der Waals surface area contributed by atoms with Gasteiger partial charge in [-0.2, -0.15) is 0 Å². The van der Waals surface area contributed by atoms with Gasteiger partial charge in [0.2, 0.25) is 0 Å². The lowest BCUT2D eigenvalue weighted by atomic mass is 9.93. The summed E-state index contributed by atoms with van der Waals surface area (Å²) in [7, 11) is 0. The Balaban J connectivity index is 1.50. The third kappa shape index (κ3) is 5.46. The number of halogens is 3. The Morgan fingerprint density at radius 2 is 1.91 bits per heavy atom. The predicted molar refractivity (Wildman–Crippen MR) is 115 cm³/mol. The van der Waals surface area contributed by atoms with Crippen molar-refractivity contribution in [2.75, 3.05) is 17.2 Å². The molecule has 2 aromatic carbocycles. The molecule has 0 spiro atoms. The highest BCUT2D eigenvalue weighted by atomic mass is 19.4. The SMILES string of the molecule is O=C(O)Cc1cc(C2CCCC2)c(O)cc1NC(=O)C1CNc2cc(OC(F)(F)F)ccc2O1. The van der Waals surface area contributed by atoms with E-state index in [2.05, 4.69) is 15.4 Å². The van der Waals surface area contributed by atoms with E-state index in [4.69, 9.17) is 4.74 Å². The molecule has 8 nitrogen and oxygen atoms in total. The van der Waals surface area contributed by atoms with E-state index in [1.54, 1.807) is 6.07 Å². The van der Waals surface area contributed by atoms with Crippen molar-refractivity contribution in [2.45, 2.75) is 50.5 Å². The highest BCUT2D eigenvalue weighted by Crippen LogP contribution is 2.41. The molecule has 1 fully saturated rings. The van der Waals surface area contributed by atoms with E-state index in [1.165, 1.54) is 12.1 Å². The third-order valence-corrected chi connectivity index (χ3v) is 5.87. The van der Waals surface area contributed by atoms with Crippen molar-refractivity contribution in [2.24, 2.45) is 0 Å². The number of carbonyl (C=O) groups is 2. The maximum atomic E-state index is 12.8. The molecule has 2 aromatic rings. The number of carbonyl (C=O) groups excluding carboxylic acids is 1. The number of carboxylic acid groups (broad SMARTS) is 1. The second-order valence-electron chi connectivity index (χ2n) is 8.30. The normalized spacial score (nSPS) is 17.9. The number of hydrogen-bond acceptors (Lipinski definition) is 6. The fourth-order valence-electron chi connectivity index (χ4n) is 4.35. The molecule has 4 N–H and O–H groups in total. The maximum Gasteiger partial charge on any atom is 0.573 e. The van der Waals surface area contributed by atoms with E-state index in [9.17, 15) is 33.0 Å². The number of fused-ring (bicyclic) bond motifs is 1. The number of ether oxygens (including phenoxy) is 2. The Morgan fingerprint density at radius 3 is 2.59 bits per heavy atom. The van der Waals surface area contributed by atoms with Crippen LogP contribution >= 0.6 is 0 Å². The minimum Gasteiger partial charge on any atom is -0.508 e. The van der Waals surface area contributed by atoms with Crippen molar-refractivity contribution >= 4 is 23.3 Å². The molecule has 182 valence electrons. The molecule has 4 rings (SSSR count). The van der Waals surface area contributed by atoms with Gasteiger partial charge in [-0.3, -0.25) is 9.59 Å². The zero-order valence-electron chi connectivity index (χ0n) is 17.9. The topological polar surface area (TPSA) is 117 Å². The Bertz CT molecular complexity index is 1100. The van der Waals surface area contributed by atoms with Crippen LogP contribution in [-0.2, 0) is 16.0 Å². The summed E-state index contributed by atoms with van der Waals surface area (Å²) in [5, 5.41) is 25.3. The highest BCUT2D eigenvalue weighted by Gasteiger charge is 2.33. The first kappa shape index (κ1) is 23.5. The Labute approximate surface area is 192 Å². The van der Waals surface area contributed by atoms with Crippen molar-refractivity contribution in [3.05, 3.63) is 41.5 Å². The van der Waals surface area contributed by atoms with Gasteiger partial charge in [-0.1, -0.05) is 12.8 Å². The molecule has 1 unspecified atom stereocenters. The number of anilines is 2. The molecule has 0 radical (unpaired) electrons. The van der Waals surface area contributed by atoms with Crippen molar-refractivity contribution in [3.8, 4) is 17.2 Å². The maximum absolute atomic E-state index is 12.8. The number of hydrogen-bond donors (Lipinski definition) is 4. The molecule has 1 aliphatic carbocycles. The van der Waals surface area contributed by atoms with Crippen LogP contribution < -0.4 is 20.1 Å². The van der Waals surface area contributed by atoms with Crippen LogP contribution in [-0.4, -0.2) is 41.1 Å². The number of alkyl halides is 3. The van der Waals surface area contributed by atoms with Crippen molar-refractivity contribution in [1.82, 2.24) is 0 Å². The summed E-state index contributed by atoms with van der Waals surface area (Å²) in [5.41, 5.74) is 1.43. The quantitative estimate of drug-likeness (QED) is 0.485. The monoisotopic (exact) mass is 480 g/mol. The number of aromatic hydroxyl groups is 1. The molecule has 1 atom stereocenters. The molecule has 34 heavy (non-hydrogen) atoms. The van der Waals surface area contributed by atoms with Crippen LogP contribution in [0.15, 0.2) is 30.3 Å². The molecule has 0 saturated heterocycles. The standard InChI is InChI=1S/C23H23F3N2O6/c24-23(25,26)34-14-5-6-19-17(9-14)27-11-20(33-19)22(32)28-16-10-18(29)15(12-3-1-2-4-12)7-13(16)8-21(30)31/h5-7,9-10,12,20,27,29H,1-4,8,11H2,(H,28,32)(H,30,31). The predicted octanol–water partition coefficient (Wildman–Crippen LogP) is 4.39. The number of phenols is 1. The molecule has 11 heteroatoms. The van der Waals surface area contributed by atoms with E-state index in [1.807, 2.05) is 0 Å². The van der Waals surface area contributed by atoms with Crippen LogP contribution in [0.1, 0.15) is 42.7 Å². The molecular weight excluding hydrogens is 457 g/mol. The van der Waals surface area contributed by atoms with Crippen LogP contribution in [0, 0.1) is 0 Å². The van der Waals surface area contributed by atoms with Crippen molar-refractivity contribution < 1.29 is 42.4 Å². The van der Waals surface area contributed by atoms with E-state index in [0.717, 1.165) is 37.8 Å². The number of carboxylic acids is 1. The number of nitrogens with one attached hydrogen (secondary N) is 2. The largest absolute Gasteiger partial charge is 0.573 e. The average Bonchev–Trinajstić information content (AvgIpc) is 3.28. The molecule has 0 bridgehead atoms. The number of amides is 1. The summed E-state index contributed by atoms with van der Waals surface area (Å²) in [6, 6.07) is 6.42. The van der Waals surface area contributed by atoms with Crippen molar-refractivity contribution in [3.63, 3.8) is 0 Å². The summed E-state index contributed by atoms with van der Waals surface area (Å²) < 4.78 is 46.8. The lowest BCUT2D eigenvalue weighted by Crippen LogP contribution is -2.41. The molecule has 2 aliphatic rings. The van der Waals surface area contributed by atoms with Crippen LogP contribution in [0.4, 0.5) is 24.5 Å². The van der Waals surface area contributed by atoms with E-state index < -0.39 is 30.1 Å². The minimum atomic E-state index is -4.83. The van der Waals surface area contributed by atoms with Crippen LogP contribution in [0.25, 0.3) is 0 Å². The van der Waals surface area contributed by atoms with Gasteiger partial charge in [-0.15, -0.1) is 13.2 Å². The second-order valence-corrected chi connectivity index (χ2v) is 8.30. The van der Waals surface area contributed by atoms with Gasteiger partial charge in [0.15, 0.2) is 6.10 Å². The zero-order chi connectivity index (χ0) is 24.5. The lowest BCUT2D eigenvalue weighted by Gasteiger charge is -2.27. The summed E-state index contributed by atoms with van der Waals surface area (Å²) >= 11 is 0. The number of benzene rings is 2. The zero-order valence-corrected chi connectivity index (χ0v) is 17.9. The average molecular weight is 480 g/mol. The third-order valence-electron chi connectivity index (χ3n) is 5.87. The fraction of sp³-hybridized carbons (Fsp3) is 0.391. The summed E-state index contributed by atoms with van der Waals surface area (Å²) in [6.07, 6.45) is -2.34. The van der Waals surface area contributed by atoms with Crippen LogP contribution in [0.3, 0.4) is 0 Å². The van der Waals surface area contributed by atoms with Gasteiger partial charge >= 0.3 is 12.3 Å². The van der Waals surface area contributed by atoms with Crippen LogP contribution in [0.2, 0.25) is 0 Å². The van der Waals surface area contributed by atoms with Crippen molar-refractivity contribution in [1.29, 1.82) is 0 Å². The molecule has 1 amide bonds. The summed E-state index contributed by atoms with van der Waals surface area (Å²) in [5.74, 6) is -1.83. The second kappa shape index (κ2) is 9.32. The minimum absolute atomic E-state index is 0.0124.